The summed E-state index contributed by atoms with van der Waals surface area (Å²) in [6.07, 6.45) is -0.552. The number of hydrogen-bond acceptors (Lipinski definition) is 4. The standard InChI is InChI=1S/C16H17F3N4/c17-16(18,19)13-5-3-4-12(8-13)10-20-14-9-15(22-11-21-14)23-6-1-2-7-23/h3-5,8-9,11H,1-2,6-7,10H2,(H,20,21,22). The van der Waals surface area contributed by atoms with Crippen molar-refractivity contribution in [3.8, 4) is 0 Å². The molecule has 0 radical (unpaired) electrons. The minimum absolute atomic E-state index is 0.278. The first-order valence-corrected chi connectivity index (χ1v) is 7.49. The largest absolute Gasteiger partial charge is 0.416 e. The average Bonchev–Trinajstić information content (AvgIpc) is 3.07. The van der Waals surface area contributed by atoms with Gasteiger partial charge < -0.3 is 10.2 Å². The van der Waals surface area contributed by atoms with Crippen LogP contribution in [0.3, 0.4) is 0 Å². The molecular formula is C16H17F3N4. The Morgan fingerprint density at radius 3 is 2.61 bits per heavy atom. The second kappa shape index (κ2) is 6.44. The summed E-state index contributed by atoms with van der Waals surface area (Å²) < 4.78 is 38.1. The lowest BCUT2D eigenvalue weighted by Gasteiger charge is -2.16. The Labute approximate surface area is 132 Å². The SMILES string of the molecule is FC(F)(F)c1cccc(CNc2cc(N3CCCC3)ncn2)c1. The van der Waals surface area contributed by atoms with Gasteiger partial charge in [-0.1, -0.05) is 12.1 Å². The number of alkyl halides is 3. The smallest absolute Gasteiger partial charge is 0.366 e. The Hall–Kier alpha value is -2.31. The van der Waals surface area contributed by atoms with Crippen molar-refractivity contribution in [3.05, 3.63) is 47.8 Å². The fraction of sp³-hybridized carbons (Fsp3) is 0.375. The van der Waals surface area contributed by atoms with E-state index in [0.717, 1.165) is 43.9 Å². The molecular weight excluding hydrogens is 305 g/mol. The van der Waals surface area contributed by atoms with E-state index in [9.17, 15) is 13.2 Å². The van der Waals surface area contributed by atoms with Crippen LogP contribution in [0.4, 0.5) is 24.8 Å². The van der Waals surface area contributed by atoms with Gasteiger partial charge >= 0.3 is 6.18 Å². The first-order chi connectivity index (χ1) is 11.0. The molecule has 0 bridgehead atoms. The first kappa shape index (κ1) is 15.6. The Balaban J connectivity index is 1.67. The van der Waals surface area contributed by atoms with Crippen molar-refractivity contribution in [2.75, 3.05) is 23.3 Å². The molecule has 1 aromatic carbocycles. The molecule has 0 saturated carbocycles. The van der Waals surface area contributed by atoms with Crippen LogP contribution < -0.4 is 10.2 Å². The number of halogens is 3. The Morgan fingerprint density at radius 2 is 1.87 bits per heavy atom. The molecule has 1 fully saturated rings. The van der Waals surface area contributed by atoms with Crippen LogP contribution in [0.25, 0.3) is 0 Å². The molecule has 3 rings (SSSR count). The fourth-order valence-electron chi connectivity index (χ4n) is 2.61. The minimum atomic E-state index is -4.33. The molecule has 1 aliphatic rings. The fourth-order valence-corrected chi connectivity index (χ4v) is 2.61. The summed E-state index contributed by atoms with van der Waals surface area (Å²) in [5.41, 5.74) is -0.0848. The molecule has 23 heavy (non-hydrogen) atoms. The first-order valence-electron chi connectivity index (χ1n) is 7.49. The van der Waals surface area contributed by atoms with E-state index in [1.807, 2.05) is 6.07 Å². The van der Waals surface area contributed by atoms with Gasteiger partial charge in [0.05, 0.1) is 5.56 Å². The molecule has 1 aliphatic heterocycles. The van der Waals surface area contributed by atoms with Gasteiger partial charge in [-0.15, -0.1) is 0 Å². The van der Waals surface area contributed by atoms with E-state index in [0.29, 0.717) is 11.4 Å². The maximum atomic E-state index is 12.7. The summed E-state index contributed by atoms with van der Waals surface area (Å²) >= 11 is 0. The number of benzene rings is 1. The normalized spacial score (nSPS) is 15.0. The van der Waals surface area contributed by atoms with Gasteiger partial charge in [-0.2, -0.15) is 13.2 Å². The molecule has 1 aromatic heterocycles. The van der Waals surface area contributed by atoms with Crippen molar-refractivity contribution in [2.45, 2.75) is 25.6 Å². The monoisotopic (exact) mass is 322 g/mol. The maximum Gasteiger partial charge on any atom is 0.416 e. The zero-order valence-electron chi connectivity index (χ0n) is 12.5. The van der Waals surface area contributed by atoms with Crippen molar-refractivity contribution in [1.29, 1.82) is 0 Å². The lowest BCUT2D eigenvalue weighted by atomic mass is 10.1. The van der Waals surface area contributed by atoms with E-state index >= 15 is 0 Å². The van der Waals surface area contributed by atoms with Crippen molar-refractivity contribution >= 4 is 11.6 Å². The average molecular weight is 322 g/mol. The molecule has 0 spiro atoms. The molecule has 0 aliphatic carbocycles. The molecule has 7 heteroatoms. The number of rotatable bonds is 4. The quantitative estimate of drug-likeness (QED) is 0.932. The predicted molar refractivity (Wildman–Crippen MR) is 82.2 cm³/mol. The van der Waals surface area contributed by atoms with Crippen molar-refractivity contribution < 1.29 is 13.2 Å². The van der Waals surface area contributed by atoms with Gasteiger partial charge in [-0.25, -0.2) is 9.97 Å². The van der Waals surface area contributed by atoms with Crippen LogP contribution in [-0.4, -0.2) is 23.1 Å². The third kappa shape index (κ3) is 3.91. The highest BCUT2D eigenvalue weighted by Gasteiger charge is 2.30. The van der Waals surface area contributed by atoms with Crippen LogP contribution in [0.1, 0.15) is 24.0 Å². The number of nitrogens with one attached hydrogen (secondary N) is 1. The van der Waals surface area contributed by atoms with E-state index in [4.69, 9.17) is 0 Å². The van der Waals surface area contributed by atoms with Gasteiger partial charge in [-0.05, 0) is 30.5 Å². The van der Waals surface area contributed by atoms with Gasteiger partial charge in [0, 0.05) is 25.7 Å². The van der Waals surface area contributed by atoms with E-state index < -0.39 is 11.7 Å². The molecule has 1 N–H and O–H groups in total. The van der Waals surface area contributed by atoms with Crippen LogP contribution in [0.2, 0.25) is 0 Å². The van der Waals surface area contributed by atoms with Crippen molar-refractivity contribution in [1.82, 2.24) is 9.97 Å². The molecule has 0 atom stereocenters. The van der Waals surface area contributed by atoms with Crippen LogP contribution in [0.15, 0.2) is 36.7 Å². The lowest BCUT2D eigenvalue weighted by molar-refractivity contribution is -0.137. The van der Waals surface area contributed by atoms with Gasteiger partial charge in [0.1, 0.15) is 18.0 Å². The molecule has 4 nitrogen and oxygen atoms in total. The second-order valence-electron chi connectivity index (χ2n) is 5.51. The Morgan fingerprint density at radius 1 is 1.09 bits per heavy atom. The molecule has 1 saturated heterocycles. The van der Waals surface area contributed by atoms with E-state index in [-0.39, 0.29) is 6.54 Å². The highest BCUT2D eigenvalue weighted by atomic mass is 19.4. The summed E-state index contributed by atoms with van der Waals surface area (Å²) in [6.45, 7) is 2.23. The van der Waals surface area contributed by atoms with Gasteiger partial charge in [0.25, 0.3) is 0 Å². The van der Waals surface area contributed by atoms with Crippen molar-refractivity contribution in [3.63, 3.8) is 0 Å². The third-order valence-corrected chi connectivity index (χ3v) is 3.81. The molecule has 2 heterocycles. The number of anilines is 2. The number of nitrogens with zero attached hydrogens (tertiary/aromatic N) is 3. The summed E-state index contributed by atoms with van der Waals surface area (Å²) in [5, 5.41) is 3.06. The highest BCUT2D eigenvalue weighted by Crippen LogP contribution is 2.29. The Bertz CT molecular complexity index is 666. The predicted octanol–water partition coefficient (Wildman–Crippen LogP) is 3.71. The van der Waals surface area contributed by atoms with E-state index in [1.54, 1.807) is 6.07 Å². The molecule has 0 unspecified atom stereocenters. The van der Waals surface area contributed by atoms with E-state index in [1.165, 1.54) is 12.4 Å². The summed E-state index contributed by atoms with van der Waals surface area (Å²) in [6, 6.07) is 7.12. The number of hydrogen-bond donors (Lipinski definition) is 1. The van der Waals surface area contributed by atoms with Crippen molar-refractivity contribution in [2.24, 2.45) is 0 Å². The molecule has 0 amide bonds. The summed E-state index contributed by atoms with van der Waals surface area (Å²) in [5.74, 6) is 1.46. The van der Waals surface area contributed by atoms with Crippen LogP contribution in [0.5, 0.6) is 0 Å². The Kier molecular flexibility index (Phi) is 4.36. The maximum absolute atomic E-state index is 12.7. The number of aromatic nitrogens is 2. The summed E-state index contributed by atoms with van der Waals surface area (Å²) in [4.78, 5) is 10.6. The van der Waals surface area contributed by atoms with Gasteiger partial charge in [-0.3, -0.25) is 0 Å². The van der Waals surface area contributed by atoms with E-state index in [2.05, 4.69) is 20.2 Å². The topological polar surface area (TPSA) is 41.0 Å². The van der Waals surface area contributed by atoms with Gasteiger partial charge in [0.15, 0.2) is 0 Å². The summed E-state index contributed by atoms with van der Waals surface area (Å²) in [7, 11) is 0. The highest BCUT2D eigenvalue weighted by molar-refractivity contribution is 5.49. The zero-order valence-corrected chi connectivity index (χ0v) is 12.5. The third-order valence-electron chi connectivity index (χ3n) is 3.81. The molecule has 2 aromatic rings. The van der Waals surface area contributed by atoms with Gasteiger partial charge in [0.2, 0.25) is 0 Å². The van der Waals surface area contributed by atoms with Crippen LogP contribution in [0, 0.1) is 0 Å². The van der Waals surface area contributed by atoms with Crippen LogP contribution >= 0.6 is 0 Å². The zero-order chi connectivity index (χ0) is 16.3. The second-order valence-corrected chi connectivity index (χ2v) is 5.51. The lowest BCUT2D eigenvalue weighted by Crippen LogP contribution is -2.19. The van der Waals surface area contributed by atoms with Crippen LogP contribution in [-0.2, 0) is 12.7 Å². The minimum Gasteiger partial charge on any atom is -0.366 e. The molecule has 122 valence electrons.